The highest BCUT2D eigenvalue weighted by Crippen LogP contribution is 2.23. The quantitative estimate of drug-likeness (QED) is 0.345. The number of nitrogens with zero attached hydrogens (tertiary/aromatic N) is 3. The van der Waals surface area contributed by atoms with Gasteiger partial charge >= 0.3 is 0 Å². The second-order valence-corrected chi connectivity index (χ2v) is 7.01. The lowest BCUT2D eigenvalue weighted by atomic mass is 10.1. The molecule has 0 amide bonds. The van der Waals surface area contributed by atoms with Gasteiger partial charge in [0.25, 0.3) is 0 Å². The highest BCUT2D eigenvalue weighted by molar-refractivity contribution is 14.0. The van der Waals surface area contributed by atoms with E-state index in [9.17, 15) is 0 Å². The van der Waals surface area contributed by atoms with Gasteiger partial charge in [0.2, 0.25) is 0 Å². The molecule has 1 heterocycles. The molecule has 0 saturated carbocycles. The molecule has 0 radical (unpaired) electrons. The summed E-state index contributed by atoms with van der Waals surface area (Å²) in [5, 5.41) is 3.45. The SMILES string of the molecule is CCNC(=NCC(c1cccc(OC)c1)N(C)C)N1CCC(COC)C1.I. The topological polar surface area (TPSA) is 49.3 Å². The van der Waals surface area contributed by atoms with E-state index in [2.05, 4.69) is 48.3 Å². The summed E-state index contributed by atoms with van der Waals surface area (Å²) in [5.74, 6) is 2.47. The van der Waals surface area contributed by atoms with Gasteiger partial charge in [-0.2, -0.15) is 0 Å². The number of halogens is 1. The lowest BCUT2D eigenvalue weighted by Gasteiger charge is -2.26. The molecule has 0 aromatic heterocycles. The van der Waals surface area contributed by atoms with E-state index in [1.54, 1.807) is 14.2 Å². The van der Waals surface area contributed by atoms with Crippen molar-refractivity contribution in [3.63, 3.8) is 0 Å². The summed E-state index contributed by atoms with van der Waals surface area (Å²) in [5.41, 5.74) is 1.22. The van der Waals surface area contributed by atoms with Gasteiger partial charge in [0.15, 0.2) is 5.96 Å². The first-order chi connectivity index (χ1) is 12.6. The van der Waals surface area contributed by atoms with Crippen LogP contribution in [0.2, 0.25) is 0 Å². The fraction of sp³-hybridized carbons (Fsp3) is 0.650. The first kappa shape index (κ1) is 24.0. The van der Waals surface area contributed by atoms with Crippen LogP contribution in [0, 0.1) is 5.92 Å². The minimum absolute atomic E-state index is 0. The fourth-order valence-electron chi connectivity index (χ4n) is 3.41. The maximum absolute atomic E-state index is 5.38. The van der Waals surface area contributed by atoms with Gasteiger partial charge in [0.1, 0.15) is 5.75 Å². The smallest absolute Gasteiger partial charge is 0.193 e. The van der Waals surface area contributed by atoms with Gasteiger partial charge in [0.05, 0.1) is 26.3 Å². The summed E-state index contributed by atoms with van der Waals surface area (Å²) in [7, 11) is 7.67. The molecule has 1 aromatic rings. The number of ether oxygens (including phenoxy) is 2. The summed E-state index contributed by atoms with van der Waals surface area (Å²) >= 11 is 0. The van der Waals surface area contributed by atoms with Crippen molar-refractivity contribution in [1.82, 2.24) is 15.1 Å². The lowest BCUT2D eigenvalue weighted by Crippen LogP contribution is -2.41. The van der Waals surface area contributed by atoms with Crippen molar-refractivity contribution in [3.8, 4) is 5.75 Å². The van der Waals surface area contributed by atoms with Crippen LogP contribution in [0.15, 0.2) is 29.3 Å². The lowest BCUT2D eigenvalue weighted by molar-refractivity contribution is 0.157. The van der Waals surface area contributed by atoms with Gasteiger partial charge in [0, 0.05) is 32.7 Å². The molecule has 0 spiro atoms. The number of guanidine groups is 1. The summed E-state index contributed by atoms with van der Waals surface area (Å²) in [6.45, 7) is 6.55. The molecule has 0 bridgehead atoms. The van der Waals surface area contributed by atoms with Gasteiger partial charge in [-0.3, -0.25) is 4.99 Å². The Morgan fingerprint density at radius 3 is 2.78 bits per heavy atom. The molecule has 2 unspecified atom stereocenters. The number of aliphatic imine (C=N–C) groups is 1. The highest BCUT2D eigenvalue weighted by atomic mass is 127. The van der Waals surface area contributed by atoms with E-state index < -0.39 is 0 Å². The third kappa shape index (κ3) is 7.12. The van der Waals surface area contributed by atoms with Gasteiger partial charge in [-0.1, -0.05) is 12.1 Å². The van der Waals surface area contributed by atoms with Crippen molar-refractivity contribution >= 4 is 29.9 Å². The van der Waals surface area contributed by atoms with E-state index in [1.807, 2.05) is 12.1 Å². The molecule has 2 rings (SSSR count). The van der Waals surface area contributed by atoms with Gasteiger partial charge in [-0.25, -0.2) is 0 Å². The average Bonchev–Trinajstić information content (AvgIpc) is 3.10. The Hall–Kier alpha value is -1.06. The minimum Gasteiger partial charge on any atom is -0.497 e. The van der Waals surface area contributed by atoms with Crippen molar-refractivity contribution in [2.24, 2.45) is 10.9 Å². The monoisotopic (exact) mass is 490 g/mol. The number of rotatable bonds is 8. The number of likely N-dealkylation sites (N-methyl/N-ethyl adjacent to an activating group) is 1. The normalized spacial score (nSPS) is 18.4. The molecule has 7 heteroatoms. The maximum atomic E-state index is 5.38. The van der Waals surface area contributed by atoms with E-state index in [0.717, 1.165) is 44.4 Å². The predicted octanol–water partition coefficient (Wildman–Crippen LogP) is 2.85. The summed E-state index contributed by atoms with van der Waals surface area (Å²) < 4.78 is 10.7. The van der Waals surface area contributed by atoms with Gasteiger partial charge < -0.3 is 24.6 Å². The minimum atomic E-state index is 0. The molecule has 1 aromatic carbocycles. The van der Waals surface area contributed by atoms with E-state index in [4.69, 9.17) is 14.5 Å². The Kier molecular flexibility index (Phi) is 11.0. The summed E-state index contributed by atoms with van der Waals surface area (Å²) in [4.78, 5) is 9.51. The zero-order valence-electron chi connectivity index (χ0n) is 17.3. The second-order valence-electron chi connectivity index (χ2n) is 7.01. The second kappa shape index (κ2) is 12.4. The van der Waals surface area contributed by atoms with Crippen molar-refractivity contribution in [1.29, 1.82) is 0 Å². The van der Waals surface area contributed by atoms with Gasteiger partial charge in [-0.05, 0) is 45.1 Å². The molecule has 2 atom stereocenters. The number of methoxy groups -OCH3 is 2. The van der Waals surface area contributed by atoms with Crippen LogP contribution in [0.4, 0.5) is 0 Å². The largest absolute Gasteiger partial charge is 0.497 e. The molecular formula is C20H35IN4O2. The van der Waals surface area contributed by atoms with Crippen LogP contribution in [-0.4, -0.2) is 76.9 Å². The molecule has 154 valence electrons. The molecule has 1 aliphatic rings. The van der Waals surface area contributed by atoms with E-state index in [-0.39, 0.29) is 30.0 Å². The molecule has 1 saturated heterocycles. The predicted molar refractivity (Wildman–Crippen MR) is 122 cm³/mol. The van der Waals surface area contributed by atoms with Crippen molar-refractivity contribution in [2.45, 2.75) is 19.4 Å². The molecule has 1 fully saturated rings. The first-order valence-corrected chi connectivity index (χ1v) is 9.41. The Balaban J connectivity index is 0.00000364. The summed E-state index contributed by atoms with van der Waals surface area (Å²) in [6.07, 6.45) is 1.16. The number of nitrogens with one attached hydrogen (secondary N) is 1. The van der Waals surface area contributed by atoms with E-state index >= 15 is 0 Å². The van der Waals surface area contributed by atoms with Crippen LogP contribution in [-0.2, 0) is 4.74 Å². The molecule has 0 aliphatic carbocycles. The van der Waals surface area contributed by atoms with Crippen LogP contribution < -0.4 is 10.1 Å². The Morgan fingerprint density at radius 1 is 1.37 bits per heavy atom. The average molecular weight is 490 g/mol. The van der Waals surface area contributed by atoms with Crippen LogP contribution in [0.3, 0.4) is 0 Å². The van der Waals surface area contributed by atoms with Crippen molar-refractivity contribution in [2.75, 3.05) is 61.1 Å². The third-order valence-electron chi connectivity index (χ3n) is 4.84. The van der Waals surface area contributed by atoms with Crippen LogP contribution in [0.25, 0.3) is 0 Å². The summed E-state index contributed by atoms with van der Waals surface area (Å²) in [6, 6.07) is 8.45. The number of hydrogen-bond donors (Lipinski definition) is 1. The Bertz CT molecular complexity index is 583. The van der Waals surface area contributed by atoms with Crippen LogP contribution in [0.5, 0.6) is 5.75 Å². The number of likely N-dealkylation sites (tertiary alicyclic amines) is 1. The van der Waals surface area contributed by atoms with Gasteiger partial charge in [-0.15, -0.1) is 24.0 Å². The zero-order chi connectivity index (χ0) is 18.9. The van der Waals surface area contributed by atoms with Crippen molar-refractivity contribution in [3.05, 3.63) is 29.8 Å². The van der Waals surface area contributed by atoms with E-state index in [0.29, 0.717) is 12.5 Å². The van der Waals surface area contributed by atoms with E-state index in [1.165, 1.54) is 5.56 Å². The molecule has 6 nitrogen and oxygen atoms in total. The molecule has 1 N–H and O–H groups in total. The third-order valence-corrected chi connectivity index (χ3v) is 4.84. The fourth-order valence-corrected chi connectivity index (χ4v) is 3.41. The first-order valence-electron chi connectivity index (χ1n) is 9.41. The molecule has 27 heavy (non-hydrogen) atoms. The standard InChI is InChI=1S/C20H34N4O2.HI/c1-6-21-20(24-11-10-16(14-24)15-25-4)22-13-19(23(2)3)17-8-7-9-18(12-17)26-5;/h7-9,12,16,19H,6,10-11,13-15H2,1-5H3,(H,21,22);1H. The van der Waals surface area contributed by atoms with Crippen molar-refractivity contribution < 1.29 is 9.47 Å². The Labute approximate surface area is 181 Å². The number of benzene rings is 1. The Morgan fingerprint density at radius 2 is 2.15 bits per heavy atom. The highest BCUT2D eigenvalue weighted by Gasteiger charge is 2.25. The molecular weight excluding hydrogens is 455 g/mol. The zero-order valence-corrected chi connectivity index (χ0v) is 19.6. The maximum Gasteiger partial charge on any atom is 0.193 e. The van der Waals surface area contributed by atoms with Crippen LogP contribution >= 0.6 is 24.0 Å². The van der Waals surface area contributed by atoms with Crippen LogP contribution in [0.1, 0.15) is 24.9 Å². The molecule has 1 aliphatic heterocycles. The number of hydrogen-bond acceptors (Lipinski definition) is 4.